The van der Waals surface area contributed by atoms with Gasteiger partial charge in [-0.3, -0.25) is 28.8 Å². The molecule has 2 aromatic carbocycles. The summed E-state index contributed by atoms with van der Waals surface area (Å²) in [6.07, 6.45) is -0.913. The third-order valence-corrected chi connectivity index (χ3v) is 8.29. The predicted octanol–water partition coefficient (Wildman–Crippen LogP) is -1.31. The molecule has 18 nitrogen and oxygen atoms in total. The number of primary amides is 1. The van der Waals surface area contributed by atoms with Crippen LogP contribution in [0.25, 0.3) is 0 Å². The van der Waals surface area contributed by atoms with Crippen molar-refractivity contribution in [2.24, 2.45) is 17.2 Å². The second kappa shape index (κ2) is 24.8. The monoisotopic (exact) mass is 770 g/mol. The van der Waals surface area contributed by atoms with Crippen LogP contribution in [0.5, 0.6) is 0 Å². The van der Waals surface area contributed by atoms with E-state index in [0.717, 1.165) is 11.1 Å². The van der Waals surface area contributed by atoms with Gasteiger partial charge in [0.05, 0.1) is 44.6 Å². The van der Waals surface area contributed by atoms with Crippen LogP contribution < -0.4 is 43.8 Å². The number of nitrogens with one attached hydrogen (secondary N) is 5. The van der Waals surface area contributed by atoms with E-state index in [1.165, 1.54) is 6.92 Å². The number of benzene rings is 2. The van der Waals surface area contributed by atoms with E-state index in [-0.39, 0.29) is 32.5 Å². The molecule has 2 aromatic rings. The number of carbonyl (C=O) groups excluding carboxylic acids is 6. The topological polar surface area (TPSA) is 296 Å². The van der Waals surface area contributed by atoms with Gasteiger partial charge in [-0.05, 0) is 57.2 Å². The second-order valence-corrected chi connectivity index (χ2v) is 12.8. The molecule has 302 valence electrons. The van der Waals surface area contributed by atoms with Gasteiger partial charge < -0.3 is 58.4 Å². The largest absolute Gasteiger partial charge is 0.480 e. The van der Waals surface area contributed by atoms with Crippen molar-refractivity contribution in [3.8, 4) is 0 Å². The van der Waals surface area contributed by atoms with Gasteiger partial charge in [-0.2, -0.15) is 0 Å². The average Bonchev–Trinajstić information content (AvgIpc) is 3.17. The van der Waals surface area contributed by atoms with Gasteiger partial charge in [0, 0.05) is 6.42 Å². The molecule has 6 amide bonds. The first-order valence-electron chi connectivity index (χ1n) is 17.9. The number of hydrogen-bond donors (Lipinski definition) is 9. The lowest BCUT2D eigenvalue weighted by molar-refractivity contribution is -0.142. The van der Waals surface area contributed by atoms with E-state index in [0.29, 0.717) is 19.4 Å². The molecule has 0 fully saturated rings. The summed E-state index contributed by atoms with van der Waals surface area (Å²) < 4.78 is 11.7. The van der Waals surface area contributed by atoms with Gasteiger partial charge in [0.25, 0.3) is 0 Å². The van der Waals surface area contributed by atoms with Crippen LogP contribution in [0.1, 0.15) is 57.1 Å². The number of rotatable bonds is 26. The van der Waals surface area contributed by atoms with Crippen LogP contribution in [-0.2, 0) is 56.2 Å². The van der Waals surface area contributed by atoms with Gasteiger partial charge in [-0.25, -0.2) is 4.79 Å². The molecule has 0 bridgehead atoms. The minimum Gasteiger partial charge on any atom is -0.480 e. The van der Waals surface area contributed by atoms with Crippen LogP contribution >= 0.6 is 0 Å². The summed E-state index contributed by atoms with van der Waals surface area (Å²) in [7, 11) is 0. The molecule has 0 aliphatic carbocycles. The van der Waals surface area contributed by atoms with E-state index in [1.807, 2.05) is 36.4 Å². The first-order chi connectivity index (χ1) is 26.2. The Morgan fingerprint density at radius 3 is 1.60 bits per heavy atom. The van der Waals surface area contributed by atoms with Crippen molar-refractivity contribution in [2.45, 2.75) is 95.5 Å². The van der Waals surface area contributed by atoms with Crippen molar-refractivity contribution in [2.75, 3.05) is 19.6 Å². The number of carboxylic acids is 1. The molecule has 18 heteroatoms. The molecule has 0 aliphatic heterocycles. The Balaban J connectivity index is 2.14. The van der Waals surface area contributed by atoms with Gasteiger partial charge >= 0.3 is 5.97 Å². The van der Waals surface area contributed by atoms with Crippen molar-refractivity contribution >= 4 is 41.4 Å². The maximum Gasteiger partial charge on any atom is 0.326 e. The molecule has 0 unspecified atom stereocenters. The number of hydrogen-bond acceptors (Lipinski definition) is 11. The Kier molecular flexibility index (Phi) is 20.6. The fraction of sp³-hybridized carbons (Fsp3) is 0.486. The fourth-order valence-corrected chi connectivity index (χ4v) is 5.05. The molecule has 0 aromatic heterocycles. The number of amides is 6. The van der Waals surface area contributed by atoms with E-state index >= 15 is 0 Å². The lowest BCUT2D eigenvalue weighted by atomic mass is 10.1. The van der Waals surface area contributed by atoms with Crippen LogP contribution in [-0.4, -0.2) is 103 Å². The lowest BCUT2D eigenvalue weighted by Crippen LogP contribution is -2.59. The summed E-state index contributed by atoms with van der Waals surface area (Å²) in [5.41, 5.74) is 18.1. The van der Waals surface area contributed by atoms with Crippen LogP contribution in [0.2, 0.25) is 0 Å². The highest BCUT2D eigenvalue weighted by Crippen LogP contribution is 2.09. The Bertz CT molecular complexity index is 1550. The second-order valence-electron chi connectivity index (χ2n) is 12.8. The molecular weight excluding hydrogens is 716 g/mol. The van der Waals surface area contributed by atoms with Gasteiger partial charge in [-0.1, -0.05) is 60.7 Å². The third-order valence-electron chi connectivity index (χ3n) is 8.29. The van der Waals surface area contributed by atoms with Crippen LogP contribution in [0.3, 0.4) is 0 Å². The number of unbranched alkanes of at least 4 members (excludes halogenated alkanes) is 1. The van der Waals surface area contributed by atoms with Crippen LogP contribution in [0, 0.1) is 0 Å². The van der Waals surface area contributed by atoms with Crippen molar-refractivity contribution in [3.63, 3.8) is 0 Å². The van der Waals surface area contributed by atoms with Gasteiger partial charge in [0.1, 0.15) is 18.1 Å². The third kappa shape index (κ3) is 18.0. The Morgan fingerprint density at radius 2 is 1.15 bits per heavy atom. The molecule has 0 radical (unpaired) electrons. The highest BCUT2D eigenvalue weighted by Gasteiger charge is 2.32. The Hall–Kier alpha value is -5.43. The van der Waals surface area contributed by atoms with Crippen LogP contribution in [0.4, 0.5) is 0 Å². The molecule has 0 heterocycles. The maximum absolute atomic E-state index is 13.4. The maximum atomic E-state index is 13.4. The molecular formula is C37H54N8O10. The number of aliphatic carboxylic acids is 1. The molecule has 0 spiro atoms. The zero-order chi connectivity index (χ0) is 40.8. The predicted molar refractivity (Wildman–Crippen MR) is 200 cm³/mol. The first kappa shape index (κ1) is 45.7. The highest BCUT2D eigenvalue weighted by atomic mass is 16.5. The zero-order valence-corrected chi connectivity index (χ0v) is 31.2. The van der Waals surface area contributed by atoms with Gasteiger partial charge in [0.2, 0.25) is 35.4 Å². The summed E-state index contributed by atoms with van der Waals surface area (Å²) in [6, 6.07) is 13.0. The van der Waals surface area contributed by atoms with Crippen molar-refractivity contribution in [1.29, 1.82) is 0 Å². The molecule has 0 aliphatic rings. The average molecular weight is 771 g/mol. The smallest absolute Gasteiger partial charge is 0.326 e. The van der Waals surface area contributed by atoms with E-state index in [4.69, 9.17) is 26.7 Å². The molecule has 0 saturated carbocycles. The normalized spacial score (nSPS) is 14.2. The standard InChI is InChI=1S/C37H54N8O10/c1-23(54-21-25-11-5-3-6-12-25)32(35(50)41-19-30(47)43-28(37(52)53)15-9-10-18-38)44-31(48)20-42-36(51)33(45-34(49)27(39)16-17-29(40)46)24(2)55-22-26-13-7-4-8-14-26/h3-8,11-14,23-24,27-28,32-33H,9-10,15-22,38-39H2,1-2H3,(H2,40,46)(H,41,50)(H,42,51)(H,43,47)(H,44,48)(H,45,49)(H,52,53)/t23-,24-,27+,28+,32+,33+/m1/s1. The Morgan fingerprint density at radius 1 is 0.673 bits per heavy atom. The summed E-state index contributed by atoms with van der Waals surface area (Å²) in [6.45, 7) is 2.36. The first-order valence-corrected chi connectivity index (χ1v) is 17.9. The highest BCUT2D eigenvalue weighted by molar-refractivity contribution is 5.95. The number of ether oxygens (including phenoxy) is 2. The molecule has 6 atom stereocenters. The van der Waals surface area contributed by atoms with Crippen molar-refractivity contribution < 1.29 is 48.1 Å². The molecule has 12 N–H and O–H groups in total. The summed E-state index contributed by atoms with van der Waals surface area (Å²) in [4.78, 5) is 88.3. The minimum absolute atomic E-state index is 0.0677. The quantitative estimate of drug-likeness (QED) is 0.0504. The molecule has 0 saturated heterocycles. The fourth-order valence-electron chi connectivity index (χ4n) is 5.05. The lowest BCUT2D eigenvalue weighted by Gasteiger charge is -2.27. The minimum atomic E-state index is -1.37. The molecule has 2 rings (SSSR count). The zero-order valence-electron chi connectivity index (χ0n) is 31.2. The summed E-state index contributed by atoms with van der Waals surface area (Å²) >= 11 is 0. The van der Waals surface area contributed by atoms with Crippen molar-refractivity contribution in [1.82, 2.24) is 26.6 Å². The van der Waals surface area contributed by atoms with E-state index in [9.17, 15) is 38.7 Å². The number of carboxylic acid groups (broad SMARTS) is 1. The SMILES string of the molecule is C[C@@H](OCc1ccccc1)[C@H](NC(=O)CNC(=O)[C@@H](NC(=O)[C@@H](N)CCC(N)=O)[C@@H](C)OCc1ccccc1)C(=O)NCC(=O)N[C@@H](CCCCN)C(=O)O. The van der Waals surface area contributed by atoms with E-state index < -0.39 is 90.9 Å². The van der Waals surface area contributed by atoms with Gasteiger partial charge in [-0.15, -0.1) is 0 Å². The summed E-state index contributed by atoms with van der Waals surface area (Å²) in [5, 5.41) is 21.7. The molecule has 55 heavy (non-hydrogen) atoms. The van der Waals surface area contributed by atoms with Crippen molar-refractivity contribution in [3.05, 3.63) is 71.8 Å². The van der Waals surface area contributed by atoms with E-state index in [1.54, 1.807) is 31.2 Å². The van der Waals surface area contributed by atoms with Crippen LogP contribution in [0.15, 0.2) is 60.7 Å². The summed E-state index contributed by atoms with van der Waals surface area (Å²) in [5.74, 6) is -5.86. The Labute approximate surface area is 320 Å². The number of nitrogens with two attached hydrogens (primary N) is 3. The number of carbonyl (C=O) groups is 7. The van der Waals surface area contributed by atoms with Gasteiger partial charge in [0.15, 0.2) is 0 Å². The van der Waals surface area contributed by atoms with E-state index in [2.05, 4.69) is 26.6 Å².